The van der Waals surface area contributed by atoms with Gasteiger partial charge in [0.1, 0.15) is 0 Å². The molecule has 4 heteroatoms. The second-order valence-corrected chi connectivity index (χ2v) is 6.80. The first-order chi connectivity index (χ1) is 11.2. The third kappa shape index (κ3) is 4.81. The van der Waals surface area contributed by atoms with E-state index in [-0.39, 0.29) is 5.91 Å². The van der Waals surface area contributed by atoms with Crippen LogP contribution < -0.4 is 0 Å². The van der Waals surface area contributed by atoms with Crippen LogP contribution in [0, 0.1) is 11.8 Å². The highest BCUT2D eigenvalue weighted by atomic mass is 35.5. The summed E-state index contributed by atoms with van der Waals surface area (Å²) in [4.78, 5) is 15.2. The van der Waals surface area contributed by atoms with E-state index < -0.39 is 0 Å². The van der Waals surface area contributed by atoms with Crippen molar-refractivity contribution in [3.05, 3.63) is 63.2 Å². The zero-order valence-corrected chi connectivity index (χ0v) is 14.2. The average molecular weight is 342 g/mol. The molecule has 1 fully saturated rings. The minimum atomic E-state index is 0.121. The van der Waals surface area contributed by atoms with Crippen LogP contribution in [0.2, 0.25) is 5.02 Å². The van der Waals surface area contributed by atoms with Crippen LogP contribution >= 0.6 is 23.4 Å². The second-order valence-electron chi connectivity index (χ2n) is 5.35. The van der Waals surface area contributed by atoms with E-state index in [2.05, 4.69) is 17.6 Å². The molecule has 1 saturated heterocycles. The van der Waals surface area contributed by atoms with Gasteiger partial charge < -0.3 is 4.90 Å². The van der Waals surface area contributed by atoms with Gasteiger partial charge in [-0.25, -0.2) is 0 Å². The summed E-state index contributed by atoms with van der Waals surface area (Å²) < 4.78 is 0. The van der Waals surface area contributed by atoms with Crippen molar-refractivity contribution < 1.29 is 4.79 Å². The zero-order chi connectivity index (χ0) is 16.1. The Morgan fingerprint density at radius 2 is 2.00 bits per heavy atom. The van der Waals surface area contributed by atoms with Gasteiger partial charge in [0.15, 0.2) is 0 Å². The van der Waals surface area contributed by atoms with Crippen molar-refractivity contribution in [2.75, 3.05) is 18.8 Å². The predicted molar refractivity (Wildman–Crippen MR) is 96.3 cm³/mol. The first-order valence-electron chi connectivity index (χ1n) is 7.57. The lowest BCUT2D eigenvalue weighted by molar-refractivity contribution is -0.125. The molecule has 116 valence electrons. The number of halogens is 1. The number of hydrogen-bond donors (Lipinski definition) is 0. The topological polar surface area (TPSA) is 20.3 Å². The van der Waals surface area contributed by atoms with E-state index >= 15 is 0 Å². The molecule has 0 radical (unpaired) electrons. The lowest BCUT2D eigenvalue weighted by Gasteiger charge is -2.16. The number of carbonyl (C=O) groups is 1. The summed E-state index contributed by atoms with van der Waals surface area (Å²) in [7, 11) is 0. The Balaban J connectivity index is 1.60. The van der Waals surface area contributed by atoms with Crippen LogP contribution in [0.15, 0.2) is 52.6 Å². The van der Waals surface area contributed by atoms with E-state index in [9.17, 15) is 4.79 Å². The van der Waals surface area contributed by atoms with E-state index in [1.54, 1.807) is 0 Å². The molecule has 0 aromatic heterocycles. The number of likely N-dealkylation sites (tertiary alicyclic amines) is 1. The molecule has 0 bridgehead atoms. The Kier molecular flexibility index (Phi) is 5.31. The van der Waals surface area contributed by atoms with Crippen molar-refractivity contribution >= 4 is 29.3 Å². The fourth-order valence-electron chi connectivity index (χ4n) is 2.29. The monoisotopic (exact) mass is 341 g/mol. The van der Waals surface area contributed by atoms with Crippen molar-refractivity contribution in [2.24, 2.45) is 0 Å². The van der Waals surface area contributed by atoms with Crippen LogP contribution in [-0.2, 0) is 4.79 Å². The number of hydrogen-bond acceptors (Lipinski definition) is 2. The normalized spacial score (nSPS) is 16.0. The van der Waals surface area contributed by atoms with Crippen LogP contribution in [0.25, 0.3) is 0 Å². The van der Waals surface area contributed by atoms with E-state index in [0.29, 0.717) is 10.8 Å². The third-order valence-electron chi connectivity index (χ3n) is 3.58. The fraction of sp³-hybridized carbons (Fsp3) is 0.263. The molecule has 1 aromatic rings. The maximum Gasteiger partial charge on any atom is 0.260 e. The van der Waals surface area contributed by atoms with Gasteiger partial charge in [-0.3, -0.25) is 4.79 Å². The molecule has 23 heavy (non-hydrogen) atoms. The molecule has 1 aliphatic carbocycles. The number of rotatable bonds is 4. The van der Waals surface area contributed by atoms with Gasteiger partial charge in [-0.05, 0) is 49.3 Å². The lowest BCUT2D eigenvalue weighted by Crippen LogP contribution is -2.28. The Bertz CT molecular complexity index is 755. The number of carbonyl (C=O) groups excluding carboxylic acids is 1. The lowest BCUT2D eigenvalue weighted by atomic mass is 10.2. The van der Waals surface area contributed by atoms with Crippen molar-refractivity contribution in [1.82, 2.24) is 4.90 Å². The van der Waals surface area contributed by atoms with Gasteiger partial charge in [0, 0.05) is 29.2 Å². The summed E-state index contributed by atoms with van der Waals surface area (Å²) in [6.45, 7) is 1.72. The van der Waals surface area contributed by atoms with Gasteiger partial charge in [-0.1, -0.05) is 23.4 Å². The Hall–Kier alpha value is -1.85. The molecule has 1 aromatic carbocycles. The second kappa shape index (κ2) is 7.62. The molecule has 0 spiro atoms. The van der Waals surface area contributed by atoms with Crippen molar-refractivity contribution in [3.63, 3.8) is 0 Å². The van der Waals surface area contributed by atoms with Crippen molar-refractivity contribution in [3.8, 4) is 11.8 Å². The van der Waals surface area contributed by atoms with Gasteiger partial charge in [0.2, 0.25) is 0 Å². The molecule has 1 heterocycles. The molecular formula is C19H16ClNOS. The van der Waals surface area contributed by atoms with Gasteiger partial charge in [-0.2, -0.15) is 0 Å². The van der Waals surface area contributed by atoms with E-state index in [4.69, 9.17) is 11.6 Å². The quantitative estimate of drug-likeness (QED) is 0.468. The minimum absolute atomic E-state index is 0.121. The molecule has 2 aliphatic rings. The fourth-order valence-corrected chi connectivity index (χ4v) is 3.18. The molecule has 0 unspecified atom stereocenters. The highest BCUT2D eigenvalue weighted by Crippen LogP contribution is 2.24. The molecule has 0 atom stereocenters. The number of allylic oxidation sites excluding steroid dienone is 2. The number of benzene rings is 1. The van der Waals surface area contributed by atoms with Crippen LogP contribution in [0.4, 0.5) is 0 Å². The highest BCUT2D eigenvalue weighted by molar-refractivity contribution is 8.04. The zero-order valence-electron chi connectivity index (χ0n) is 12.6. The standard InChI is InChI=1S/C19H16ClNOS/c20-17-9-7-15(8-10-17)4-3-13-23-18(14-16-5-6-16)19(22)21-11-1-2-12-21/h5,7-10,14H,1-2,11-13H2. The summed E-state index contributed by atoms with van der Waals surface area (Å²) in [5.74, 6) is 6.91. The maximum atomic E-state index is 12.5. The largest absolute Gasteiger partial charge is 0.338 e. The van der Waals surface area contributed by atoms with Crippen LogP contribution in [0.3, 0.4) is 0 Å². The summed E-state index contributed by atoms with van der Waals surface area (Å²) >= 11 is 7.35. The van der Waals surface area contributed by atoms with Gasteiger partial charge in [0.25, 0.3) is 5.91 Å². The average Bonchev–Trinajstić information content (AvgIpc) is 3.21. The molecule has 2 nitrogen and oxygen atoms in total. The summed E-state index contributed by atoms with van der Waals surface area (Å²) in [5, 5.41) is 0.705. The van der Waals surface area contributed by atoms with Crippen LogP contribution in [-0.4, -0.2) is 29.6 Å². The Morgan fingerprint density at radius 3 is 2.65 bits per heavy atom. The van der Waals surface area contributed by atoms with Gasteiger partial charge >= 0.3 is 0 Å². The van der Waals surface area contributed by atoms with Crippen LogP contribution in [0.1, 0.15) is 18.4 Å². The molecule has 0 N–H and O–H groups in total. The number of amides is 1. The van der Waals surface area contributed by atoms with Crippen molar-refractivity contribution in [1.29, 1.82) is 0 Å². The molecular weight excluding hydrogens is 326 g/mol. The third-order valence-corrected chi connectivity index (χ3v) is 4.72. The van der Waals surface area contributed by atoms with Crippen LogP contribution in [0.5, 0.6) is 0 Å². The Morgan fingerprint density at radius 1 is 1.30 bits per heavy atom. The molecule has 1 aliphatic heterocycles. The minimum Gasteiger partial charge on any atom is -0.338 e. The molecule has 3 rings (SSSR count). The SMILES string of the molecule is O=C(C(=CC1=C=C1)SCC#Cc1ccc(Cl)cc1)N1CCCC1. The smallest absolute Gasteiger partial charge is 0.260 e. The highest BCUT2D eigenvalue weighted by Gasteiger charge is 2.22. The van der Waals surface area contributed by atoms with Gasteiger partial charge in [0.05, 0.1) is 10.7 Å². The maximum absolute atomic E-state index is 12.5. The number of nitrogens with zero attached hydrogens (tertiary/aromatic N) is 1. The molecule has 0 saturated carbocycles. The van der Waals surface area contributed by atoms with Gasteiger partial charge in [-0.15, -0.1) is 17.5 Å². The first kappa shape index (κ1) is 16.0. The summed E-state index contributed by atoms with van der Waals surface area (Å²) in [6.07, 6.45) is 5.99. The Labute approximate surface area is 145 Å². The summed E-state index contributed by atoms with van der Waals surface area (Å²) in [5.41, 5.74) is 4.95. The summed E-state index contributed by atoms with van der Waals surface area (Å²) in [6, 6.07) is 7.44. The number of thioether (sulfide) groups is 1. The van der Waals surface area contributed by atoms with E-state index in [1.165, 1.54) is 11.8 Å². The van der Waals surface area contributed by atoms with E-state index in [0.717, 1.165) is 42.0 Å². The predicted octanol–water partition coefficient (Wildman–Crippen LogP) is 4.03. The molecule has 1 amide bonds. The first-order valence-corrected chi connectivity index (χ1v) is 8.94. The van der Waals surface area contributed by atoms with Crippen molar-refractivity contribution in [2.45, 2.75) is 12.8 Å². The van der Waals surface area contributed by atoms with E-state index in [1.807, 2.05) is 41.3 Å².